The Morgan fingerprint density at radius 3 is 2.68 bits per heavy atom. The van der Waals surface area contributed by atoms with E-state index in [-0.39, 0.29) is 0 Å². The molecule has 1 aliphatic heterocycles. The highest BCUT2D eigenvalue weighted by atomic mass is 16.6. The standard InChI is InChI=1S/C23H30N6O2/c1-23(2,3)31-22(30)26-18-7-5-6-16(14-18)19-15-24-21-9-8-20(27-29(19)21)25-17-10-12-28(4)13-11-17/h5-9,14-15,17H,10-13H2,1-4H3,(H,25,27)(H,26,30). The molecule has 0 saturated carbocycles. The zero-order chi connectivity index (χ0) is 22.0. The van der Waals surface area contributed by atoms with Crippen LogP contribution in [-0.2, 0) is 4.74 Å². The number of ether oxygens (including phenoxy) is 1. The first-order valence-corrected chi connectivity index (χ1v) is 10.7. The third-order valence-corrected chi connectivity index (χ3v) is 5.24. The third-order valence-electron chi connectivity index (χ3n) is 5.24. The number of hydrogen-bond donors (Lipinski definition) is 2. The van der Waals surface area contributed by atoms with E-state index in [2.05, 4.69) is 27.6 Å². The molecule has 164 valence electrons. The lowest BCUT2D eigenvalue weighted by molar-refractivity contribution is 0.0636. The molecule has 0 bridgehead atoms. The van der Waals surface area contributed by atoms with Crippen LogP contribution in [0.25, 0.3) is 16.9 Å². The number of aromatic nitrogens is 3. The summed E-state index contributed by atoms with van der Waals surface area (Å²) in [7, 11) is 2.16. The van der Waals surface area contributed by atoms with Gasteiger partial charge in [-0.2, -0.15) is 0 Å². The van der Waals surface area contributed by atoms with E-state index in [9.17, 15) is 4.79 Å². The van der Waals surface area contributed by atoms with Gasteiger partial charge in [-0.3, -0.25) is 5.32 Å². The van der Waals surface area contributed by atoms with E-state index in [1.54, 1.807) is 6.20 Å². The zero-order valence-electron chi connectivity index (χ0n) is 18.6. The van der Waals surface area contributed by atoms with Crippen molar-refractivity contribution in [3.63, 3.8) is 0 Å². The first kappa shape index (κ1) is 21.1. The second-order valence-corrected chi connectivity index (χ2v) is 9.06. The summed E-state index contributed by atoms with van der Waals surface area (Å²) in [6.45, 7) is 7.69. The number of nitrogens with one attached hydrogen (secondary N) is 2. The molecule has 0 aliphatic carbocycles. The van der Waals surface area contributed by atoms with Crippen molar-refractivity contribution in [1.29, 1.82) is 0 Å². The van der Waals surface area contributed by atoms with Crippen LogP contribution in [-0.4, -0.2) is 57.4 Å². The van der Waals surface area contributed by atoms with E-state index in [1.165, 1.54) is 0 Å². The quantitative estimate of drug-likeness (QED) is 0.654. The summed E-state index contributed by atoms with van der Waals surface area (Å²) in [6, 6.07) is 12.0. The number of amides is 1. The summed E-state index contributed by atoms with van der Waals surface area (Å²) in [5.41, 5.74) is 2.64. The maximum atomic E-state index is 12.1. The number of nitrogens with zero attached hydrogens (tertiary/aromatic N) is 4. The lowest BCUT2D eigenvalue weighted by Gasteiger charge is -2.29. The molecule has 2 N–H and O–H groups in total. The van der Waals surface area contributed by atoms with Gasteiger partial charge in [0, 0.05) is 17.3 Å². The predicted molar refractivity (Wildman–Crippen MR) is 122 cm³/mol. The molecule has 4 rings (SSSR count). The topological polar surface area (TPSA) is 83.8 Å². The number of carbonyl (C=O) groups is 1. The van der Waals surface area contributed by atoms with Crippen LogP contribution < -0.4 is 10.6 Å². The summed E-state index contributed by atoms with van der Waals surface area (Å²) < 4.78 is 7.18. The molecule has 1 saturated heterocycles. The fraction of sp³-hybridized carbons (Fsp3) is 0.435. The SMILES string of the molecule is CN1CCC(Nc2ccc3ncc(-c4cccc(NC(=O)OC(C)(C)C)c4)n3n2)CC1. The summed E-state index contributed by atoms with van der Waals surface area (Å²) in [6.07, 6.45) is 3.52. The van der Waals surface area contributed by atoms with Crippen LogP contribution >= 0.6 is 0 Å². The van der Waals surface area contributed by atoms with Crippen molar-refractivity contribution >= 4 is 23.2 Å². The molecule has 1 aliphatic rings. The summed E-state index contributed by atoms with van der Waals surface area (Å²) in [4.78, 5) is 19.0. The molecular formula is C23H30N6O2. The van der Waals surface area contributed by atoms with E-state index in [1.807, 2.05) is 61.7 Å². The highest BCUT2D eigenvalue weighted by Gasteiger charge is 2.18. The Morgan fingerprint density at radius 1 is 1.16 bits per heavy atom. The number of carbonyl (C=O) groups excluding carboxylic acids is 1. The Hall–Kier alpha value is -3.13. The van der Waals surface area contributed by atoms with Gasteiger partial charge in [-0.25, -0.2) is 14.3 Å². The minimum absolute atomic E-state index is 0.425. The molecule has 0 atom stereocenters. The van der Waals surface area contributed by atoms with Gasteiger partial charge >= 0.3 is 6.09 Å². The molecule has 1 aromatic carbocycles. The monoisotopic (exact) mass is 422 g/mol. The summed E-state index contributed by atoms with van der Waals surface area (Å²) >= 11 is 0. The zero-order valence-corrected chi connectivity index (χ0v) is 18.6. The Morgan fingerprint density at radius 2 is 1.94 bits per heavy atom. The van der Waals surface area contributed by atoms with Crippen LogP contribution in [0.5, 0.6) is 0 Å². The normalized spacial score (nSPS) is 15.7. The van der Waals surface area contributed by atoms with Gasteiger partial charge in [0.1, 0.15) is 11.4 Å². The molecule has 3 heterocycles. The molecule has 0 spiro atoms. The predicted octanol–water partition coefficient (Wildman–Crippen LogP) is 4.25. The molecule has 3 aromatic rings. The lowest BCUT2D eigenvalue weighted by atomic mass is 10.1. The summed E-state index contributed by atoms with van der Waals surface area (Å²) in [5, 5.41) is 11.1. The molecule has 2 aromatic heterocycles. The van der Waals surface area contributed by atoms with Crippen molar-refractivity contribution in [2.45, 2.75) is 45.3 Å². The average Bonchev–Trinajstić information content (AvgIpc) is 3.12. The van der Waals surface area contributed by atoms with Crippen LogP contribution in [0.1, 0.15) is 33.6 Å². The first-order chi connectivity index (χ1) is 14.8. The van der Waals surface area contributed by atoms with Gasteiger partial charge in [-0.1, -0.05) is 12.1 Å². The maximum absolute atomic E-state index is 12.1. The number of imidazole rings is 1. The van der Waals surface area contributed by atoms with Crippen LogP contribution in [0.3, 0.4) is 0 Å². The Balaban J connectivity index is 1.54. The number of piperidine rings is 1. The number of anilines is 2. The van der Waals surface area contributed by atoms with Crippen molar-refractivity contribution < 1.29 is 9.53 Å². The fourth-order valence-corrected chi connectivity index (χ4v) is 3.69. The Kier molecular flexibility index (Phi) is 5.82. The van der Waals surface area contributed by atoms with Crippen LogP contribution in [0, 0.1) is 0 Å². The highest BCUT2D eigenvalue weighted by Crippen LogP contribution is 2.25. The van der Waals surface area contributed by atoms with E-state index in [0.29, 0.717) is 11.7 Å². The van der Waals surface area contributed by atoms with E-state index in [0.717, 1.165) is 48.7 Å². The first-order valence-electron chi connectivity index (χ1n) is 10.7. The van der Waals surface area contributed by atoms with Gasteiger partial charge in [0.15, 0.2) is 5.65 Å². The number of rotatable bonds is 4. The van der Waals surface area contributed by atoms with Gasteiger partial charge in [0.2, 0.25) is 0 Å². The minimum Gasteiger partial charge on any atom is -0.444 e. The highest BCUT2D eigenvalue weighted by molar-refractivity contribution is 5.86. The van der Waals surface area contributed by atoms with Gasteiger partial charge in [0.25, 0.3) is 0 Å². The van der Waals surface area contributed by atoms with Crippen molar-refractivity contribution in [1.82, 2.24) is 19.5 Å². The smallest absolute Gasteiger partial charge is 0.412 e. The molecular weight excluding hydrogens is 392 g/mol. The van der Waals surface area contributed by atoms with Crippen molar-refractivity contribution in [3.05, 3.63) is 42.6 Å². The molecule has 1 fully saturated rings. The van der Waals surface area contributed by atoms with E-state index < -0.39 is 11.7 Å². The number of fused-ring (bicyclic) bond motifs is 1. The van der Waals surface area contributed by atoms with E-state index >= 15 is 0 Å². The minimum atomic E-state index is -0.551. The Labute approximate surface area is 182 Å². The van der Waals surface area contributed by atoms with Crippen molar-refractivity contribution in [2.24, 2.45) is 0 Å². The van der Waals surface area contributed by atoms with Crippen molar-refractivity contribution in [3.8, 4) is 11.3 Å². The second-order valence-electron chi connectivity index (χ2n) is 9.06. The van der Waals surface area contributed by atoms with E-state index in [4.69, 9.17) is 9.84 Å². The maximum Gasteiger partial charge on any atom is 0.412 e. The fourth-order valence-electron chi connectivity index (χ4n) is 3.69. The third kappa shape index (κ3) is 5.32. The van der Waals surface area contributed by atoms with Gasteiger partial charge in [0.05, 0.1) is 11.9 Å². The molecule has 8 nitrogen and oxygen atoms in total. The lowest BCUT2D eigenvalue weighted by Crippen LogP contribution is -2.36. The molecule has 0 radical (unpaired) electrons. The Bertz CT molecular complexity index is 1060. The summed E-state index contributed by atoms with van der Waals surface area (Å²) in [5.74, 6) is 0.837. The van der Waals surface area contributed by atoms with Gasteiger partial charge in [-0.15, -0.1) is 5.10 Å². The number of benzene rings is 1. The van der Waals surface area contributed by atoms with Crippen LogP contribution in [0.2, 0.25) is 0 Å². The van der Waals surface area contributed by atoms with Gasteiger partial charge in [-0.05, 0) is 78.0 Å². The molecule has 31 heavy (non-hydrogen) atoms. The van der Waals surface area contributed by atoms with Crippen LogP contribution in [0.15, 0.2) is 42.6 Å². The molecule has 8 heteroatoms. The number of hydrogen-bond acceptors (Lipinski definition) is 6. The van der Waals surface area contributed by atoms with Gasteiger partial charge < -0.3 is 15.0 Å². The average molecular weight is 423 g/mol. The largest absolute Gasteiger partial charge is 0.444 e. The molecule has 0 unspecified atom stereocenters. The second kappa shape index (κ2) is 8.55. The van der Waals surface area contributed by atoms with Crippen LogP contribution in [0.4, 0.5) is 16.3 Å². The van der Waals surface area contributed by atoms with Crippen molar-refractivity contribution in [2.75, 3.05) is 30.8 Å². The number of likely N-dealkylation sites (tertiary alicyclic amines) is 1. The molecule has 1 amide bonds.